The van der Waals surface area contributed by atoms with Gasteiger partial charge in [-0.2, -0.15) is 0 Å². The maximum atomic E-state index is 11.4. The fourth-order valence-electron chi connectivity index (χ4n) is 2.47. The van der Waals surface area contributed by atoms with Gasteiger partial charge in [-0.15, -0.1) is 0 Å². The number of likely N-dealkylation sites (tertiary alicyclic amines) is 1. The number of carbonyl (C=O) groups excluding carboxylic acids is 1. The first kappa shape index (κ1) is 13.8. The summed E-state index contributed by atoms with van der Waals surface area (Å²) in [6.45, 7) is 8.36. The standard InChI is InChI=1S/C16H21NO2/c1-3-14-8-4-5-9-15(14)19-16(2,13-18)12-17-10-6-7-11-17/h3-5,8-9,13H,1,6-7,10-12H2,2H3. The van der Waals surface area contributed by atoms with E-state index in [1.165, 1.54) is 12.8 Å². The van der Waals surface area contributed by atoms with Crippen molar-refractivity contribution in [3.05, 3.63) is 36.4 Å². The van der Waals surface area contributed by atoms with Crippen LogP contribution in [0.15, 0.2) is 30.8 Å². The van der Waals surface area contributed by atoms with E-state index in [0.717, 1.165) is 24.9 Å². The molecule has 1 aliphatic heterocycles. The van der Waals surface area contributed by atoms with E-state index >= 15 is 0 Å². The molecule has 1 atom stereocenters. The molecule has 1 heterocycles. The molecule has 0 amide bonds. The monoisotopic (exact) mass is 259 g/mol. The Labute approximate surface area is 114 Å². The van der Waals surface area contributed by atoms with Gasteiger partial charge in [0.05, 0.1) is 0 Å². The summed E-state index contributed by atoms with van der Waals surface area (Å²) < 4.78 is 5.95. The van der Waals surface area contributed by atoms with Gasteiger partial charge in [-0.1, -0.05) is 30.9 Å². The number of para-hydroxylation sites is 1. The quantitative estimate of drug-likeness (QED) is 0.736. The minimum atomic E-state index is -0.802. The zero-order valence-electron chi connectivity index (χ0n) is 11.5. The van der Waals surface area contributed by atoms with Crippen molar-refractivity contribution in [2.24, 2.45) is 0 Å². The van der Waals surface area contributed by atoms with Crippen LogP contribution in [0, 0.1) is 0 Å². The summed E-state index contributed by atoms with van der Waals surface area (Å²) in [5.74, 6) is 0.714. The van der Waals surface area contributed by atoms with Gasteiger partial charge in [-0.25, -0.2) is 0 Å². The van der Waals surface area contributed by atoms with E-state index in [4.69, 9.17) is 4.74 Å². The minimum Gasteiger partial charge on any atom is -0.478 e. The molecule has 1 saturated heterocycles. The van der Waals surface area contributed by atoms with Gasteiger partial charge in [-0.05, 0) is 38.9 Å². The number of rotatable bonds is 6. The summed E-state index contributed by atoms with van der Waals surface area (Å²) in [5, 5.41) is 0. The van der Waals surface area contributed by atoms with E-state index in [1.807, 2.05) is 31.2 Å². The summed E-state index contributed by atoms with van der Waals surface area (Å²) in [7, 11) is 0. The van der Waals surface area contributed by atoms with Crippen molar-refractivity contribution in [1.29, 1.82) is 0 Å². The van der Waals surface area contributed by atoms with Gasteiger partial charge in [0.1, 0.15) is 5.75 Å². The first-order valence-electron chi connectivity index (χ1n) is 6.76. The van der Waals surface area contributed by atoms with E-state index in [1.54, 1.807) is 6.08 Å². The number of ether oxygens (including phenoxy) is 1. The largest absolute Gasteiger partial charge is 0.478 e. The van der Waals surface area contributed by atoms with E-state index in [2.05, 4.69) is 11.5 Å². The Hall–Kier alpha value is -1.61. The Morgan fingerprint density at radius 2 is 2.05 bits per heavy atom. The van der Waals surface area contributed by atoms with Crippen molar-refractivity contribution in [2.45, 2.75) is 25.4 Å². The summed E-state index contributed by atoms with van der Waals surface area (Å²) in [6, 6.07) is 7.65. The molecule has 1 unspecified atom stereocenters. The molecule has 0 radical (unpaired) electrons. The van der Waals surface area contributed by atoms with Crippen LogP contribution in [0.3, 0.4) is 0 Å². The predicted octanol–water partition coefficient (Wildman–Crippen LogP) is 2.76. The van der Waals surface area contributed by atoms with Crippen LogP contribution in [0.4, 0.5) is 0 Å². The lowest BCUT2D eigenvalue weighted by molar-refractivity contribution is -0.121. The molecule has 0 spiro atoms. The Balaban J connectivity index is 2.12. The topological polar surface area (TPSA) is 29.5 Å². The second kappa shape index (κ2) is 6.02. The van der Waals surface area contributed by atoms with Crippen LogP contribution in [0.5, 0.6) is 5.75 Å². The molecule has 1 aliphatic rings. The number of nitrogens with zero attached hydrogens (tertiary/aromatic N) is 1. The zero-order valence-corrected chi connectivity index (χ0v) is 11.5. The van der Waals surface area contributed by atoms with Crippen molar-refractivity contribution in [2.75, 3.05) is 19.6 Å². The Bertz CT molecular complexity index is 452. The third-order valence-corrected chi connectivity index (χ3v) is 3.47. The van der Waals surface area contributed by atoms with Crippen LogP contribution in [-0.2, 0) is 4.79 Å². The zero-order chi connectivity index (χ0) is 13.7. The molecular weight excluding hydrogens is 238 g/mol. The first-order chi connectivity index (χ1) is 9.17. The van der Waals surface area contributed by atoms with Crippen molar-refractivity contribution in [1.82, 2.24) is 4.90 Å². The molecule has 0 N–H and O–H groups in total. The highest BCUT2D eigenvalue weighted by Crippen LogP contribution is 2.24. The van der Waals surface area contributed by atoms with Gasteiger partial charge >= 0.3 is 0 Å². The molecule has 0 saturated carbocycles. The number of hydrogen-bond acceptors (Lipinski definition) is 3. The van der Waals surface area contributed by atoms with Crippen LogP contribution >= 0.6 is 0 Å². The van der Waals surface area contributed by atoms with E-state index < -0.39 is 5.60 Å². The van der Waals surface area contributed by atoms with Crippen molar-refractivity contribution in [3.8, 4) is 5.75 Å². The fraction of sp³-hybridized carbons (Fsp3) is 0.438. The third-order valence-electron chi connectivity index (χ3n) is 3.47. The number of hydrogen-bond donors (Lipinski definition) is 0. The predicted molar refractivity (Wildman–Crippen MR) is 77.3 cm³/mol. The molecule has 3 heteroatoms. The smallest absolute Gasteiger partial charge is 0.173 e. The lowest BCUT2D eigenvalue weighted by Gasteiger charge is -2.30. The SMILES string of the molecule is C=Cc1ccccc1OC(C)(C=O)CN1CCCC1. The number of carbonyl (C=O) groups is 1. The van der Waals surface area contributed by atoms with Crippen LogP contribution < -0.4 is 4.74 Å². The number of aldehydes is 1. The maximum absolute atomic E-state index is 11.4. The highest BCUT2D eigenvalue weighted by molar-refractivity contribution is 5.64. The molecule has 0 aliphatic carbocycles. The van der Waals surface area contributed by atoms with Gasteiger partial charge in [0.15, 0.2) is 11.9 Å². The minimum absolute atomic E-state index is 0.641. The summed E-state index contributed by atoms with van der Waals surface area (Å²) in [6.07, 6.45) is 5.07. The number of benzene rings is 1. The molecule has 0 aromatic heterocycles. The summed E-state index contributed by atoms with van der Waals surface area (Å²) in [5.41, 5.74) is 0.112. The van der Waals surface area contributed by atoms with Crippen molar-refractivity contribution >= 4 is 12.4 Å². The summed E-state index contributed by atoms with van der Waals surface area (Å²) >= 11 is 0. The average Bonchev–Trinajstić information content (AvgIpc) is 2.92. The highest BCUT2D eigenvalue weighted by Gasteiger charge is 2.30. The van der Waals surface area contributed by atoms with E-state index in [-0.39, 0.29) is 0 Å². The van der Waals surface area contributed by atoms with Crippen LogP contribution in [-0.4, -0.2) is 36.4 Å². The van der Waals surface area contributed by atoms with E-state index in [0.29, 0.717) is 12.3 Å². The van der Waals surface area contributed by atoms with Crippen LogP contribution in [0.1, 0.15) is 25.3 Å². The second-order valence-corrected chi connectivity index (χ2v) is 5.26. The lowest BCUT2D eigenvalue weighted by Crippen LogP contribution is -2.45. The van der Waals surface area contributed by atoms with Crippen LogP contribution in [0.2, 0.25) is 0 Å². The second-order valence-electron chi connectivity index (χ2n) is 5.26. The first-order valence-corrected chi connectivity index (χ1v) is 6.76. The molecule has 1 aromatic carbocycles. The molecule has 2 rings (SSSR count). The highest BCUT2D eigenvalue weighted by atomic mass is 16.5. The normalized spacial score (nSPS) is 18.8. The molecular formula is C16H21NO2. The molecule has 0 bridgehead atoms. The van der Waals surface area contributed by atoms with Gasteiger partial charge in [-0.3, -0.25) is 9.69 Å². The molecule has 19 heavy (non-hydrogen) atoms. The maximum Gasteiger partial charge on any atom is 0.173 e. The van der Waals surface area contributed by atoms with Crippen molar-refractivity contribution < 1.29 is 9.53 Å². The van der Waals surface area contributed by atoms with Crippen molar-refractivity contribution in [3.63, 3.8) is 0 Å². The van der Waals surface area contributed by atoms with E-state index in [9.17, 15) is 4.79 Å². The van der Waals surface area contributed by atoms with Gasteiger partial charge in [0.25, 0.3) is 0 Å². The average molecular weight is 259 g/mol. The Morgan fingerprint density at radius 3 is 2.68 bits per heavy atom. The molecule has 1 aromatic rings. The van der Waals surface area contributed by atoms with Gasteiger partial charge < -0.3 is 4.74 Å². The summed E-state index contributed by atoms with van der Waals surface area (Å²) in [4.78, 5) is 13.7. The van der Waals surface area contributed by atoms with Gasteiger partial charge in [0, 0.05) is 12.1 Å². The Morgan fingerprint density at radius 1 is 1.37 bits per heavy atom. The van der Waals surface area contributed by atoms with Crippen LogP contribution in [0.25, 0.3) is 6.08 Å². The fourth-order valence-corrected chi connectivity index (χ4v) is 2.47. The molecule has 3 nitrogen and oxygen atoms in total. The third kappa shape index (κ3) is 3.44. The lowest BCUT2D eigenvalue weighted by atomic mass is 10.1. The molecule has 1 fully saturated rings. The van der Waals surface area contributed by atoms with Gasteiger partial charge in [0.2, 0.25) is 0 Å². The molecule has 102 valence electrons. The Kier molecular flexibility index (Phi) is 4.38.